The monoisotopic (exact) mass is 399 g/mol. The van der Waals surface area contributed by atoms with Crippen LogP contribution in [0.1, 0.15) is 45.9 Å². The van der Waals surface area contributed by atoms with E-state index in [-0.39, 0.29) is 17.8 Å². The van der Waals surface area contributed by atoms with E-state index in [0.29, 0.717) is 12.1 Å². The molecule has 150 valence electrons. The Morgan fingerprint density at radius 2 is 1.93 bits per heavy atom. The fraction of sp³-hybridized carbons (Fsp3) is 0.200. The number of hydrogen-bond donors (Lipinski definition) is 1. The van der Waals surface area contributed by atoms with Crippen molar-refractivity contribution < 1.29 is 9.18 Å². The molecule has 5 heteroatoms. The molecule has 1 atom stereocenters. The predicted octanol–water partition coefficient (Wildman–Crippen LogP) is 5.03. The van der Waals surface area contributed by atoms with E-state index in [9.17, 15) is 9.18 Å². The van der Waals surface area contributed by atoms with E-state index in [1.165, 1.54) is 23.3 Å². The SMILES string of the molecule is O=C(N[C@@H]1CCCc2ccccc21)c1ccc2cnn(Cc3ccc(F)cc3)c2c1. The zero-order valence-corrected chi connectivity index (χ0v) is 16.5. The standard InChI is InChI=1S/C25H22FN3O/c26-21-12-8-17(9-13-21)16-29-24-14-19(10-11-20(24)15-27-29)25(30)28-23-7-3-5-18-4-1-2-6-22(18)23/h1-2,4,6,8-15,23H,3,5,7,16H2,(H,28,30)/t23-/m1/s1. The highest BCUT2D eigenvalue weighted by Gasteiger charge is 2.22. The quantitative estimate of drug-likeness (QED) is 0.523. The Morgan fingerprint density at radius 1 is 1.10 bits per heavy atom. The van der Waals surface area contributed by atoms with E-state index in [4.69, 9.17) is 0 Å². The maximum absolute atomic E-state index is 13.2. The van der Waals surface area contributed by atoms with Crippen LogP contribution in [0.5, 0.6) is 0 Å². The van der Waals surface area contributed by atoms with Crippen LogP contribution in [0.2, 0.25) is 0 Å². The van der Waals surface area contributed by atoms with Gasteiger partial charge in [0.2, 0.25) is 0 Å². The maximum atomic E-state index is 13.2. The second-order valence-electron chi connectivity index (χ2n) is 7.82. The van der Waals surface area contributed by atoms with E-state index in [1.807, 2.05) is 28.9 Å². The van der Waals surface area contributed by atoms with E-state index in [1.54, 1.807) is 18.3 Å². The van der Waals surface area contributed by atoms with Crippen molar-refractivity contribution in [2.45, 2.75) is 31.8 Å². The van der Waals surface area contributed by atoms with Crippen molar-refractivity contribution in [1.29, 1.82) is 0 Å². The summed E-state index contributed by atoms with van der Waals surface area (Å²) in [4.78, 5) is 13.0. The zero-order chi connectivity index (χ0) is 20.5. The Balaban J connectivity index is 1.39. The summed E-state index contributed by atoms with van der Waals surface area (Å²) in [5.41, 5.74) is 5.00. The molecule has 1 aliphatic carbocycles. The lowest BCUT2D eigenvalue weighted by Crippen LogP contribution is -2.30. The molecule has 0 spiro atoms. The van der Waals surface area contributed by atoms with Crippen LogP contribution in [0.25, 0.3) is 10.9 Å². The number of aryl methyl sites for hydroxylation is 1. The maximum Gasteiger partial charge on any atom is 0.251 e. The number of nitrogens with zero attached hydrogens (tertiary/aromatic N) is 2. The normalized spacial score (nSPS) is 15.7. The number of fused-ring (bicyclic) bond motifs is 2. The summed E-state index contributed by atoms with van der Waals surface area (Å²) in [6.07, 6.45) is 4.88. The molecule has 0 unspecified atom stereocenters. The molecule has 30 heavy (non-hydrogen) atoms. The molecule has 0 aliphatic heterocycles. The smallest absolute Gasteiger partial charge is 0.251 e. The van der Waals surface area contributed by atoms with Crippen molar-refractivity contribution in [1.82, 2.24) is 15.1 Å². The zero-order valence-electron chi connectivity index (χ0n) is 16.5. The van der Waals surface area contributed by atoms with E-state index < -0.39 is 0 Å². The average molecular weight is 399 g/mol. The summed E-state index contributed by atoms with van der Waals surface area (Å²) in [5, 5.41) is 8.63. The minimum Gasteiger partial charge on any atom is -0.345 e. The van der Waals surface area contributed by atoms with Crippen LogP contribution in [0.15, 0.2) is 72.9 Å². The molecule has 1 amide bonds. The molecule has 1 N–H and O–H groups in total. The topological polar surface area (TPSA) is 46.9 Å². The Bertz CT molecular complexity index is 1210. The third kappa shape index (κ3) is 3.59. The minimum atomic E-state index is -0.257. The first kappa shape index (κ1) is 18.6. The molecule has 0 saturated heterocycles. The third-order valence-electron chi connectivity index (χ3n) is 5.83. The number of aromatic nitrogens is 2. The molecular weight excluding hydrogens is 377 g/mol. The number of rotatable bonds is 4. The minimum absolute atomic E-state index is 0.0438. The van der Waals surface area contributed by atoms with Gasteiger partial charge in [-0.2, -0.15) is 5.10 Å². The van der Waals surface area contributed by atoms with Crippen molar-refractivity contribution in [3.63, 3.8) is 0 Å². The molecule has 0 saturated carbocycles. The first-order valence-corrected chi connectivity index (χ1v) is 10.3. The van der Waals surface area contributed by atoms with Crippen molar-refractivity contribution in [3.05, 3.63) is 101 Å². The largest absolute Gasteiger partial charge is 0.345 e. The number of carbonyl (C=O) groups excluding carboxylic acids is 1. The Morgan fingerprint density at radius 3 is 2.80 bits per heavy atom. The van der Waals surface area contributed by atoms with Crippen LogP contribution < -0.4 is 5.32 Å². The summed E-state index contributed by atoms with van der Waals surface area (Å²) >= 11 is 0. The van der Waals surface area contributed by atoms with E-state index >= 15 is 0 Å². The van der Waals surface area contributed by atoms with Gasteiger partial charge >= 0.3 is 0 Å². The van der Waals surface area contributed by atoms with Crippen LogP contribution >= 0.6 is 0 Å². The lowest BCUT2D eigenvalue weighted by molar-refractivity contribution is 0.0933. The fourth-order valence-corrected chi connectivity index (χ4v) is 4.25. The summed E-state index contributed by atoms with van der Waals surface area (Å²) in [6.45, 7) is 0.519. The molecule has 0 radical (unpaired) electrons. The molecule has 1 heterocycles. The highest BCUT2D eigenvalue weighted by Crippen LogP contribution is 2.30. The average Bonchev–Trinajstić information content (AvgIpc) is 3.17. The number of amides is 1. The first-order valence-electron chi connectivity index (χ1n) is 10.3. The van der Waals surface area contributed by atoms with E-state index in [0.717, 1.165) is 35.7 Å². The van der Waals surface area contributed by atoms with Crippen molar-refractivity contribution >= 4 is 16.8 Å². The van der Waals surface area contributed by atoms with Crippen molar-refractivity contribution in [2.24, 2.45) is 0 Å². The Labute approximate surface area is 174 Å². The number of hydrogen-bond acceptors (Lipinski definition) is 2. The fourth-order valence-electron chi connectivity index (χ4n) is 4.25. The predicted molar refractivity (Wildman–Crippen MR) is 115 cm³/mol. The Kier molecular flexibility index (Phi) is 4.79. The van der Waals surface area contributed by atoms with Gasteiger partial charge in [-0.25, -0.2) is 4.39 Å². The van der Waals surface area contributed by atoms with Gasteiger partial charge < -0.3 is 5.32 Å². The summed E-state index contributed by atoms with van der Waals surface area (Å²) in [6, 6.07) is 20.4. The first-order chi connectivity index (χ1) is 14.7. The lowest BCUT2D eigenvalue weighted by Gasteiger charge is -2.26. The van der Waals surface area contributed by atoms with Crippen LogP contribution in [0, 0.1) is 5.82 Å². The number of nitrogens with one attached hydrogen (secondary N) is 1. The number of halogens is 1. The van der Waals surface area contributed by atoms with Gasteiger partial charge in [0, 0.05) is 10.9 Å². The molecule has 0 fully saturated rings. The second-order valence-corrected chi connectivity index (χ2v) is 7.82. The molecular formula is C25H22FN3O. The molecule has 4 aromatic rings. The third-order valence-corrected chi connectivity index (χ3v) is 5.83. The molecule has 0 bridgehead atoms. The van der Waals surface area contributed by atoms with Gasteiger partial charge in [-0.05, 0) is 60.2 Å². The van der Waals surface area contributed by atoms with E-state index in [2.05, 4.69) is 28.6 Å². The highest BCUT2D eigenvalue weighted by molar-refractivity contribution is 5.98. The highest BCUT2D eigenvalue weighted by atomic mass is 19.1. The lowest BCUT2D eigenvalue weighted by atomic mass is 9.87. The number of benzene rings is 3. The van der Waals surface area contributed by atoms with Crippen LogP contribution in [-0.2, 0) is 13.0 Å². The molecule has 1 aromatic heterocycles. The second kappa shape index (κ2) is 7.75. The molecule has 1 aliphatic rings. The van der Waals surface area contributed by atoms with Crippen LogP contribution in [-0.4, -0.2) is 15.7 Å². The van der Waals surface area contributed by atoms with Crippen LogP contribution in [0.4, 0.5) is 4.39 Å². The van der Waals surface area contributed by atoms with Gasteiger partial charge in [0.15, 0.2) is 0 Å². The van der Waals surface area contributed by atoms with Gasteiger partial charge in [0.1, 0.15) is 5.82 Å². The van der Waals surface area contributed by atoms with Crippen LogP contribution in [0.3, 0.4) is 0 Å². The van der Waals surface area contributed by atoms with Gasteiger partial charge in [-0.3, -0.25) is 9.48 Å². The van der Waals surface area contributed by atoms with Gasteiger partial charge in [0.25, 0.3) is 5.91 Å². The Hall–Kier alpha value is -3.47. The summed E-state index contributed by atoms with van der Waals surface area (Å²) in [5.74, 6) is -0.333. The molecule has 5 rings (SSSR count). The van der Waals surface area contributed by atoms with Gasteiger partial charge in [0.05, 0.1) is 24.3 Å². The van der Waals surface area contributed by atoms with Crippen molar-refractivity contribution in [3.8, 4) is 0 Å². The summed E-state index contributed by atoms with van der Waals surface area (Å²) in [7, 11) is 0. The van der Waals surface area contributed by atoms with Gasteiger partial charge in [-0.15, -0.1) is 0 Å². The van der Waals surface area contributed by atoms with Gasteiger partial charge in [-0.1, -0.05) is 42.5 Å². The molecule has 4 nitrogen and oxygen atoms in total. The van der Waals surface area contributed by atoms with Crippen molar-refractivity contribution in [2.75, 3.05) is 0 Å². The number of carbonyl (C=O) groups is 1. The molecule has 3 aromatic carbocycles. The summed E-state index contributed by atoms with van der Waals surface area (Å²) < 4.78 is 15.0.